The predicted molar refractivity (Wildman–Crippen MR) is 156 cm³/mol. The van der Waals surface area contributed by atoms with Gasteiger partial charge in [0.25, 0.3) is 0 Å². The molecule has 0 aliphatic carbocycles. The highest BCUT2D eigenvalue weighted by molar-refractivity contribution is 7.12. The summed E-state index contributed by atoms with van der Waals surface area (Å²) < 4.78 is 0. The summed E-state index contributed by atoms with van der Waals surface area (Å²) in [6, 6.07) is 32.6. The number of nitrogens with zero attached hydrogens (tertiary/aromatic N) is 1. The molecule has 0 aliphatic rings. The smallest absolute Gasteiger partial charge is 0.103 e. The van der Waals surface area contributed by atoms with Crippen molar-refractivity contribution >= 4 is 27.8 Å². The maximum absolute atomic E-state index is 5.27. The van der Waals surface area contributed by atoms with Crippen LogP contribution in [0.25, 0.3) is 22.0 Å². The first kappa shape index (κ1) is 24.3. The van der Waals surface area contributed by atoms with Gasteiger partial charge in [-0.15, -0.1) is 11.3 Å². The molecule has 0 amide bonds. The fourth-order valence-corrected chi connectivity index (χ4v) is 5.91. The van der Waals surface area contributed by atoms with Gasteiger partial charge < -0.3 is 5.32 Å². The Labute approximate surface area is 219 Å². The van der Waals surface area contributed by atoms with Crippen molar-refractivity contribution in [2.75, 3.05) is 5.32 Å². The van der Waals surface area contributed by atoms with Crippen LogP contribution in [0.1, 0.15) is 72.1 Å². The second kappa shape index (κ2) is 10.3. The summed E-state index contributed by atoms with van der Waals surface area (Å²) in [5.41, 5.74) is 7.16. The third-order valence-corrected chi connectivity index (χ3v) is 7.90. The summed E-state index contributed by atoms with van der Waals surface area (Å²) in [5, 5.41) is 6.45. The number of thiophene rings is 1. The molecule has 0 saturated carbocycles. The summed E-state index contributed by atoms with van der Waals surface area (Å²) in [4.78, 5) is 7.86. The average molecular weight is 491 g/mol. The third-order valence-electron chi connectivity index (χ3n) is 6.84. The van der Waals surface area contributed by atoms with Crippen molar-refractivity contribution in [1.29, 1.82) is 0 Å². The normalized spacial score (nSPS) is 12.4. The Bertz CT molecular complexity index is 1460. The molecule has 36 heavy (non-hydrogen) atoms. The van der Waals surface area contributed by atoms with Crippen LogP contribution >= 0.6 is 11.3 Å². The molecule has 2 aromatic heterocycles. The lowest BCUT2D eigenvalue weighted by atomic mass is 9.92. The molecule has 1 N–H and O–H groups in total. The quantitative estimate of drug-likeness (QED) is 0.245. The first-order valence-corrected chi connectivity index (χ1v) is 13.6. The van der Waals surface area contributed by atoms with Gasteiger partial charge in [-0.1, -0.05) is 94.4 Å². The zero-order chi connectivity index (χ0) is 25.2. The van der Waals surface area contributed by atoms with Crippen LogP contribution in [-0.2, 0) is 0 Å². The molecule has 5 rings (SSSR count). The van der Waals surface area contributed by atoms with Crippen molar-refractivity contribution in [2.45, 2.75) is 52.5 Å². The zero-order valence-electron chi connectivity index (χ0n) is 21.7. The Kier molecular flexibility index (Phi) is 6.93. The molecule has 2 heterocycles. The van der Waals surface area contributed by atoms with Gasteiger partial charge in [0, 0.05) is 21.0 Å². The summed E-state index contributed by atoms with van der Waals surface area (Å²) in [6.45, 7) is 11.3. The topological polar surface area (TPSA) is 24.9 Å². The van der Waals surface area contributed by atoms with Gasteiger partial charge >= 0.3 is 0 Å². The van der Waals surface area contributed by atoms with Crippen LogP contribution in [0.3, 0.4) is 0 Å². The van der Waals surface area contributed by atoms with E-state index in [9.17, 15) is 0 Å². The molecular weight excluding hydrogens is 456 g/mol. The number of para-hydroxylation sites is 1. The highest BCUT2D eigenvalue weighted by Gasteiger charge is 2.23. The molecular formula is C33H34N2S. The fourth-order valence-electron chi connectivity index (χ4n) is 4.97. The number of hydrogen-bond acceptors (Lipinski definition) is 3. The lowest BCUT2D eigenvalue weighted by Gasteiger charge is -2.26. The number of benzene rings is 3. The van der Waals surface area contributed by atoms with Gasteiger partial charge in [-0.05, 0) is 64.9 Å². The summed E-state index contributed by atoms with van der Waals surface area (Å²) in [7, 11) is 0. The van der Waals surface area contributed by atoms with E-state index in [0.29, 0.717) is 11.8 Å². The highest BCUT2D eigenvalue weighted by Crippen LogP contribution is 2.38. The van der Waals surface area contributed by atoms with Crippen LogP contribution in [-0.4, -0.2) is 4.98 Å². The number of aryl methyl sites for hydroxylation is 1. The molecule has 182 valence electrons. The maximum atomic E-state index is 5.27. The second-order valence-electron chi connectivity index (χ2n) is 10.1. The Hall–Kier alpha value is -3.43. The van der Waals surface area contributed by atoms with Gasteiger partial charge in [0.15, 0.2) is 0 Å². The summed E-state index contributed by atoms with van der Waals surface area (Å²) in [5.74, 6) is 0.846. The third kappa shape index (κ3) is 4.81. The van der Waals surface area contributed by atoms with Gasteiger partial charge in [0.1, 0.15) is 6.04 Å². The largest absolute Gasteiger partial charge is 0.372 e. The molecule has 5 aromatic rings. The number of aromatic nitrogens is 1. The van der Waals surface area contributed by atoms with Crippen molar-refractivity contribution in [3.63, 3.8) is 0 Å². The van der Waals surface area contributed by atoms with E-state index in [4.69, 9.17) is 4.98 Å². The zero-order valence-corrected chi connectivity index (χ0v) is 22.6. The van der Waals surface area contributed by atoms with Crippen LogP contribution in [0.5, 0.6) is 0 Å². The fraction of sp³-hybridized carbons (Fsp3) is 0.242. The molecule has 0 fully saturated rings. The van der Waals surface area contributed by atoms with Crippen molar-refractivity contribution in [1.82, 2.24) is 4.98 Å². The number of rotatable bonds is 7. The number of pyridine rings is 1. The lowest BCUT2D eigenvalue weighted by molar-refractivity contribution is 0.818. The number of nitrogens with one attached hydrogen (secondary N) is 1. The SMILES string of the molecule is Cc1ccc(C(Nc2c(C(C)C)cccc2C(C)C)c2cccc(-c3cccc4ccccc34)n2)s1. The minimum atomic E-state index is -0.0315. The summed E-state index contributed by atoms with van der Waals surface area (Å²) in [6.07, 6.45) is 0. The molecule has 0 aliphatic heterocycles. The summed E-state index contributed by atoms with van der Waals surface area (Å²) >= 11 is 1.84. The second-order valence-corrected chi connectivity index (χ2v) is 11.4. The molecule has 0 spiro atoms. The Morgan fingerprint density at radius 2 is 1.36 bits per heavy atom. The van der Waals surface area contributed by atoms with E-state index in [2.05, 4.69) is 131 Å². The molecule has 1 atom stereocenters. The van der Waals surface area contributed by atoms with Crippen LogP contribution in [0.2, 0.25) is 0 Å². The van der Waals surface area contributed by atoms with Crippen LogP contribution in [0.4, 0.5) is 5.69 Å². The molecule has 3 heteroatoms. The first-order chi connectivity index (χ1) is 17.4. The van der Waals surface area contributed by atoms with Gasteiger partial charge in [-0.3, -0.25) is 4.98 Å². The van der Waals surface area contributed by atoms with Crippen molar-refractivity contribution in [2.24, 2.45) is 0 Å². The van der Waals surface area contributed by atoms with Gasteiger partial charge in [0.05, 0.1) is 11.4 Å². The van der Waals surface area contributed by atoms with E-state index in [0.717, 1.165) is 11.4 Å². The van der Waals surface area contributed by atoms with Crippen molar-refractivity contribution < 1.29 is 0 Å². The standard InChI is InChI=1S/C33H34N2S/c1-21(2)25-14-9-15-26(22(3)4)32(25)35-33(31-20-19-23(5)36-31)30-18-10-17-29(34-30)28-16-8-12-24-11-6-7-13-27(24)28/h6-22,33,35H,1-5H3. The van der Waals surface area contributed by atoms with Gasteiger partial charge in [0.2, 0.25) is 0 Å². The average Bonchev–Trinajstić information content (AvgIpc) is 3.32. The van der Waals surface area contributed by atoms with Gasteiger partial charge in [-0.25, -0.2) is 0 Å². The predicted octanol–water partition coefficient (Wildman–Crippen LogP) is 9.72. The molecule has 0 bridgehead atoms. The van der Waals surface area contributed by atoms with Crippen LogP contribution < -0.4 is 5.32 Å². The Morgan fingerprint density at radius 3 is 2.06 bits per heavy atom. The molecule has 3 aromatic carbocycles. The Balaban J connectivity index is 1.65. The van der Waals surface area contributed by atoms with Crippen LogP contribution in [0, 0.1) is 6.92 Å². The number of hydrogen-bond donors (Lipinski definition) is 1. The molecule has 1 unspecified atom stereocenters. The van der Waals surface area contributed by atoms with Crippen LogP contribution in [0.15, 0.2) is 91.0 Å². The molecule has 2 nitrogen and oxygen atoms in total. The lowest BCUT2D eigenvalue weighted by Crippen LogP contribution is -2.16. The van der Waals surface area contributed by atoms with E-state index >= 15 is 0 Å². The number of fused-ring (bicyclic) bond motifs is 1. The first-order valence-electron chi connectivity index (χ1n) is 12.8. The van der Waals surface area contributed by atoms with E-state index in [1.54, 1.807) is 0 Å². The monoisotopic (exact) mass is 490 g/mol. The van der Waals surface area contributed by atoms with E-state index in [-0.39, 0.29) is 6.04 Å². The maximum Gasteiger partial charge on any atom is 0.103 e. The van der Waals surface area contributed by atoms with E-state index in [1.807, 2.05) is 11.3 Å². The minimum Gasteiger partial charge on any atom is -0.372 e. The Morgan fingerprint density at radius 1 is 0.694 bits per heavy atom. The van der Waals surface area contributed by atoms with Crippen molar-refractivity contribution in [3.05, 3.63) is 118 Å². The van der Waals surface area contributed by atoms with E-state index in [1.165, 1.54) is 42.9 Å². The number of anilines is 1. The minimum absolute atomic E-state index is 0.0315. The molecule has 0 saturated heterocycles. The van der Waals surface area contributed by atoms with Crippen molar-refractivity contribution in [3.8, 4) is 11.3 Å². The molecule has 0 radical (unpaired) electrons. The highest BCUT2D eigenvalue weighted by atomic mass is 32.1. The van der Waals surface area contributed by atoms with E-state index < -0.39 is 0 Å². The van der Waals surface area contributed by atoms with Gasteiger partial charge in [-0.2, -0.15) is 0 Å².